The van der Waals surface area contributed by atoms with Gasteiger partial charge in [0, 0.05) is 25.2 Å². The molecular weight excluding hydrogens is 310 g/mol. The molecule has 1 aromatic carbocycles. The van der Waals surface area contributed by atoms with Crippen molar-refractivity contribution in [2.24, 2.45) is 24.8 Å². The summed E-state index contributed by atoms with van der Waals surface area (Å²) in [6.45, 7) is 1.37. The lowest BCUT2D eigenvalue weighted by Crippen LogP contribution is -2.27. The number of benzene rings is 1. The monoisotopic (exact) mass is 324 g/mol. The highest BCUT2D eigenvalue weighted by Gasteiger charge is 2.56. The van der Waals surface area contributed by atoms with Gasteiger partial charge in [-0.3, -0.25) is 8.96 Å². The van der Waals surface area contributed by atoms with Crippen molar-refractivity contribution in [1.82, 2.24) is 14.8 Å². The molecule has 1 aliphatic carbocycles. The number of hydrogen-bond donors (Lipinski definition) is 0. The van der Waals surface area contributed by atoms with E-state index >= 15 is 0 Å². The van der Waals surface area contributed by atoms with Crippen LogP contribution in [0, 0.1) is 23.6 Å². The molecule has 1 aromatic heterocycles. The summed E-state index contributed by atoms with van der Waals surface area (Å²) in [6.07, 6.45) is 0. The lowest BCUT2D eigenvalue weighted by atomic mass is 10.2. The van der Waals surface area contributed by atoms with E-state index in [4.69, 9.17) is 11.6 Å². The van der Waals surface area contributed by atoms with Crippen LogP contribution in [0.2, 0.25) is 5.02 Å². The lowest BCUT2D eigenvalue weighted by Gasteiger charge is -2.19. The maximum Gasteiger partial charge on any atom is 0.227 e. The van der Waals surface area contributed by atoms with E-state index in [9.17, 15) is 8.78 Å². The van der Waals surface area contributed by atoms with Gasteiger partial charge in [0.05, 0.1) is 12.2 Å². The number of piperidine rings is 1. The van der Waals surface area contributed by atoms with E-state index in [1.807, 2.05) is 7.05 Å². The van der Waals surface area contributed by atoms with Crippen LogP contribution in [0.25, 0.3) is 11.4 Å². The van der Waals surface area contributed by atoms with Crippen molar-refractivity contribution in [3.05, 3.63) is 29.0 Å². The number of fused-ring (bicyclic) bond motifs is 1. The predicted molar refractivity (Wildman–Crippen MR) is 80.1 cm³/mol. The zero-order valence-electron chi connectivity index (χ0n) is 12.0. The number of anilines is 1. The normalized spacial score (nSPS) is 26.4. The van der Waals surface area contributed by atoms with Gasteiger partial charge in [-0.2, -0.15) is 0 Å². The van der Waals surface area contributed by atoms with Crippen LogP contribution in [0.5, 0.6) is 0 Å². The van der Waals surface area contributed by atoms with Crippen LogP contribution < -0.4 is 4.90 Å². The summed E-state index contributed by atoms with van der Waals surface area (Å²) in [5, 5.41) is 8.65. The first-order valence-electron chi connectivity index (χ1n) is 7.26. The maximum atomic E-state index is 14.0. The first-order valence-corrected chi connectivity index (χ1v) is 7.63. The third-order valence-corrected chi connectivity index (χ3v) is 5.09. The first-order chi connectivity index (χ1) is 10.6. The fraction of sp³-hybridized carbons (Fsp3) is 0.467. The summed E-state index contributed by atoms with van der Waals surface area (Å²) in [4.78, 5) is 2.10. The molecule has 4 rings (SSSR count). The zero-order valence-corrected chi connectivity index (χ0v) is 12.8. The van der Waals surface area contributed by atoms with Crippen molar-refractivity contribution < 1.29 is 8.78 Å². The average molecular weight is 325 g/mol. The highest BCUT2D eigenvalue weighted by molar-refractivity contribution is 6.30. The van der Waals surface area contributed by atoms with Crippen LogP contribution in [-0.2, 0) is 7.05 Å². The molecule has 4 nitrogen and oxygen atoms in total. The fourth-order valence-electron chi connectivity index (χ4n) is 3.54. The van der Waals surface area contributed by atoms with Crippen molar-refractivity contribution in [2.75, 3.05) is 24.7 Å². The molecule has 2 heterocycles. The molecular formula is C15H15ClF2N4. The second-order valence-corrected chi connectivity index (χ2v) is 6.49. The minimum atomic E-state index is -0.420. The molecule has 22 heavy (non-hydrogen) atoms. The van der Waals surface area contributed by atoms with Crippen LogP contribution in [-0.4, -0.2) is 34.5 Å². The summed E-state index contributed by atoms with van der Waals surface area (Å²) in [5.41, 5.74) is 0.372. The van der Waals surface area contributed by atoms with Crippen molar-refractivity contribution in [3.63, 3.8) is 0 Å². The molecule has 0 amide bonds. The molecule has 2 fully saturated rings. The lowest BCUT2D eigenvalue weighted by molar-refractivity contribution is 0.420. The van der Waals surface area contributed by atoms with E-state index in [2.05, 4.69) is 15.1 Å². The van der Waals surface area contributed by atoms with Gasteiger partial charge < -0.3 is 4.90 Å². The molecule has 0 bridgehead atoms. The molecule has 0 N–H and O–H groups in total. The third-order valence-electron chi connectivity index (χ3n) is 4.86. The molecule has 2 aromatic rings. The highest BCUT2D eigenvalue weighted by Crippen LogP contribution is 2.52. The van der Waals surface area contributed by atoms with Gasteiger partial charge in [-0.25, -0.2) is 4.39 Å². The van der Waals surface area contributed by atoms with Crippen LogP contribution in [0.3, 0.4) is 0 Å². The minimum absolute atomic E-state index is 0.220. The van der Waals surface area contributed by atoms with Gasteiger partial charge in [-0.05, 0) is 36.0 Å². The number of rotatable bonds is 3. The summed E-state index contributed by atoms with van der Waals surface area (Å²) in [7, 11) is 1.81. The Hall–Kier alpha value is -1.69. The van der Waals surface area contributed by atoms with Gasteiger partial charge in [0.1, 0.15) is 5.82 Å². The van der Waals surface area contributed by atoms with E-state index in [0.717, 1.165) is 13.1 Å². The van der Waals surface area contributed by atoms with Crippen molar-refractivity contribution in [1.29, 1.82) is 0 Å². The van der Waals surface area contributed by atoms with Gasteiger partial charge >= 0.3 is 0 Å². The Morgan fingerprint density at radius 3 is 2.64 bits per heavy atom. The average Bonchev–Trinajstić information content (AvgIpc) is 2.82. The molecule has 2 aliphatic rings. The summed E-state index contributed by atoms with van der Waals surface area (Å²) in [5.74, 6) is 1.82. The minimum Gasteiger partial charge on any atom is -0.340 e. The fourth-order valence-corrected chi connectivity index (χ4v) is 3.70. The molecule has 7 heteroatoms. The molecule has 1 unspecified atom stereocenters. The second kappa shape index (κ2) is 4.91. The molecule has 116 valence electrons. The first kappa shape index (κ1) is 13.9. The molecule has 1 saturated heterocycles. The van der Waals surface area contributed by atoms with E-state index in [1.54, 1.807) is 16.7 Å². The smallest absolute Gasteiger partial charge is 0.227 e. The Balaban J connectivity index is 1.61. The van der Waals surface area contributed by atoms with Gasteiger partial charge in [0.2, 0.25) is 5.95 Å². The number of aromatic nitrogens is 3. The van der Waals surface area contributed by atoms with E-state index in [0.29, 0.717) is 34.2 Å². The number of hydrogen-bond acceptors (Lipinski definition) is 3. The molecule has 0 radical (unpaired) electrons. The van der Waals surface area contributed by atoms with Crippen molar-refractivity contribution >= 4 is 17.5 Å². The number of halogens is 3. The van der Waals surface area contributed by atoms with Crippen LogP contribution in [0.4, 0.5) is 14.7 Å². The summed E-state index contributed by atoms with van der Waals surface area (Å²) in [6, 6.07) is 4.50. The summed E-state index contributed by atoms with van der Waals surface area (Å²) >= 11 is 5.78. The van der Waals surface area contributed by atoms with Gasteiger partial charge in [-0.15, -0.1) is 10.2 Å². The Labute approximate surface area is 131 Å². The number of nitrogens with zero attached hydrogens (tertiary/aromatic N) is 4. The molecule has 1 saturated carbocycles. The van der Waals surface area contributed by atoms with Gasteiger partial charge in [0.15, 0.2) is 5.82 Å². The third kappa shape index (κ3) is 2.00. The molecule has 1 aliphatic heterocycles. The highest BCUT2D eigenvalue weighted by atomic mass is 35.5. The van der Waals surface area contributed by atoms with Crippen LogP contribution >= 0.6 is 11.6 Å². The standard InChI is InChI=1S/C15H15ClF2N4/c1-21-14(9-3-2-8(16)4-13(9)18)19-20-15(21)22-6-11-10(5-17)12(11)7-22/h2-4,10-12H,5-7H2,1H3/t10?,11-,12+. The van der Waals surface area contributed by atoms with Crippen LogP contribution in [0.1, 0.15) is 0 Å². The predicted octanol–water partition coefficient (Wildman–Crippen LogP) is 2.93. The van der Waals surface area contributed by atoms with E-state index < -0.39 is 5.82 Å². The second-order valence-electron chi connectivity index (χ2n) is 6.06. The SMILES string of the molecule is Cn1c(-c2ccc(Cl)cc2F)nnc1N1C[C@@H]2C(CF)[C@@H]2C1. The molecule has 3 atom stereocenters. The van der Waals surface area contributed by atoms with Crippen molar-refractivity contribution in [3.8, 4) is 11.4 Å². The van der Waals surface area contributed by atoms with Crippen LogP contribution in [0.15, 0.2) is 18.2 Å². The topological polar surface area (TPSA) is 34.0 Å². The summed E-state index contributed by atoms with van der Waals surface area (Å²) < 4.78 is 28.5. The Morgan fingerprint density at radius 1 is 1.27 bits per heavy atom. The molecule has 0 spiro atoms. The van der Waals surface area contributed by atoms with Crippen molar-refractivity contribution in [2.45, 2.75) is 0 Å². The Morgan fingerprint density at radius 2 is 2.00 bits per heavy atom. The Bertz CT molecular complexity index is 720. The van der Waals surface area contributed by atoms with E-state index in [-0.39, 0.29) is 12.6 Å². The van der Waals surface area contributed by atoms with E-state index in [1.165, 1.54) is 6.07 Å². The zero-order chi connectivity index (χ0) is 15.4. The number of alkyl halides is 1. The maximum absolute atomic E-state index is 14.0. The Kier molecular flexibility index (Phi) is 3.11. The largest absolute Gasteiger partial charge is 0.340 e. The quantitative estimate of drug-likeness (QED) is 0.870. The van der Waals surface area contributed by atoms with Gasteiger partial charge in [-0.1, -0.05) is 11.6 Å². The van der Waals surface area contributed by atoms with Gasteiger partial charge in [0.25, 0.3) is 0 Å².